The summed E-state index contributed by atoms with van der Waals surface area (Å²) >= 11 is 0. The Morgan fingerprint density at radius 1 is 0.862 bits per heavy atom. The number of carbonyl (C=O) groups is 2. The number of carbonyl (C=O) groups excluding carboxylic acids is 2. The number of esters is 2. The fourth-order valence-electron chi connectivity index (χ4n) is 2.81. The second kappa shape index (κ2) is 17.3. The molecule has 7 nitrogen and oxygen atoms in total. The number of ether oxygens (including phenoxy) is 2. The van der Waals surface area contributed by atoms with E-state index in [1.807, 2.05) is 13.8 Å². The first-order valence-electron chi connectivity index (χ1n) is 10.5. The van der Waals surface area contributed by atoms with E-state index in [1.165, 1.54) is 0 Å². The topological polar surface area (TPSA) is 110 Å². The van der Waals surface area contributed by atoms with E-state index in [9.17, 15) is 22.6 Å². The molecule has 3 atom stereocenters. The van der Waals surface area contributed by atoms with Crippen molar-refractivity contribution < 1.29 is 54.4 Å². The zero-order chi connectivity index (χ0) is 21.6. The quantitative estimate of drug-likeness (QED) is 0.170. The zero-order valence-electron chi connectivity index (χ0n) is 18.1. The minimum Gasteiger partial charge on any atom is -0.747 e. The molecule has 3 unspecified atom stereocenters. The molecule has 0 N–H and O–H groups in total. The van der Waals surface area contributed by atoms with Crippen LogP contribution >= 0.6 is 0 Å². The van der Waals surface area contributed by atoms with Gasteiger partial charge in [0, 0.05) is 0 Å². The molecular formula is C20H37AgO7S. The largest absolute Gasteiger partial charge is 1.00 e. The van der Waals surface area contributed by atoms with Crippen LogP contribution in [-0.2, 0) is 51.6 Å². The first-order chi connectivity index (χ1) is 13.2. The summed E-state index contributed by atoms with van der Waals surface area (Å²) in [5.41, 5.74) is 0. The number of hydrogen-bond acceptors (Lipinski definition) is 7. The molecule has 0 aromatic heterocycles. The van der Waals surface area contributed by atoms with Gasteiger partial charge in [-0.2, -0.15) is 0 Å². The van der Waals surface area contributed by atoms with Crippen LogP contribution in [0.15, 0.2) is 0 Å². The molecule has 0 amide bonds. The van der Waals surface area contributed by atoms with E-state index in [2.05, 4.69) is 13.8 Å². The third-order valence-electron chi connectivity index (χ3n) is 4.99. The Morgan fingerprint density at radius 2 is 1.31 bits per heavy atom. The first-order valence-corrected chi connectivity index (χ1v) is 11.9. The molecule has 0 aliphatic carbocycles. The molecule has 0 aromatic rings. The fraction of sp³-hybridized carbons (Fsp3) is 0.900. The van der Waals surface area contributed by atoms with Gasteiger partial charge < -0.3 is 14.0 Å². The molecule has 9 heteroatoms. The predicted molar refractivity (Wildman–Crippen MR) is 107 cm³/mol. The van der Waals surface area contributed by atoms with Crippen LogP contribution in [0.5, 0.6) is 0 Å². The number of unbranched alkanes of at least 4 members (excludes halogenated alkanes) is 2. The monoisotopic (exact) mass is 528 g/mol. The van der Waals surface area contributed by atoms with Crippen molar-refractivity contribution in [1.82, 2.24) is 0 Å². The van der Waals surface area contributed by atoms with Gasteiger partial charge in [-0.15, -0.1) is 0 Å². The predicted octanol–water partition coefficient (Wildman–Crippen LogP) is 3.81. The Bertz CT molecular complexity index is 551. The van der Waals surface area contributed by atoms with Gasteiger partial charge in [-0.1, -0.05) is 66.2 Å². The molecule has 0 aliphatic heterocycles. The third kappa shape index (κ3) is 14.3. The Labute approximate surface area is 191 Å². The molecule has 0 radical (unpaired) electrons. The first kappa shape index (κ1) is 30.8. The van der Waals surface area contributed by atoms with Crippen molar-refractivity contribution in [1.29, 1.82) is 0 Å². The van der Waals surface area contributed by atoms with Gasteiger partial charge in [0.25, 0.3) is 0 Å². The molecule has 0 saturated heterocycles. The molecule has 0 fully saturated rings. The van der Waals surface area contributed by atoms with Crippen LogP contribution in [0.25, 0.3) is 0 Å². The molecule has 0 bridgehead atoms. The van der Waals surface area contributed by atoms with E-state index in [0.29, 0.717) is 0 Å². The molecule has 0 aromatic carbocycles. The van der Waals surface area contributed by atoms with Crippen molar-refractivity contribution in [3.8, 4) is 0 Å². The maximum absolute atomic E-state index is 12.1. The molecule has 29 heavy (non-hydrogen) atoms. The second-order valence-corrected chi connectivity index (χ2v) is 8.89. The molecule has 0 aliphatic rings. The smallest absolute Gasteiger partial charge is 0.747 e. The van der Waals surface area contributed by atoms with Crippen LogP contribution in [0.2, 0.25) is 0 Å². The summed E-state index contributed by atoms with van der Waals surface area (Å²) in [5.74, 6) is -1.74. The van der Waals surface area contributed by atoms with Crippen molar-refractivity contribution in [3.05, 3.63) is 0 Å². The summed E-state index contributed by atoms with van der Waals surface area (Å²) < 4.78 is 44.6. The van der Waals surface area contributed by atoms with Gasteiger partial charge in [-0.05, 0) is 24.7 Å². The van der Waals surface area contributed by atoms with E-state index >= 15 is 0 Å². The fourth-order valence-corrected chi connectivity index (χ4v) is 3.46. The van der Waals surface area contributed by atoms with E-state index in [0.717, 1.165) is 51.4 Å². The van der Waals surface area contributed by atoms with E-state index < -0.39 is 33.7 Å². The summed E-state index contributed by atoms with van der Waals surface area (Å²) in [6.07, 6.45) is 6.58. The van der Waals surface area contributed by atoms with Crippen LogP contribution in [-0.4, -0.2) is 43.4 Å². The molecule has 0 saturated carbocycles. The van der Waals surface area contributed by atoms with Crippen LogP contribution in [0.3, 0.4) is 0 Å². The minimum absolute atomic E-state index is 0. The summed E-state index contributed by atoms with van der Waals surface area (Å²) in [4.78, 5) is 24.1. The summed E-state index contributed by atoms with van der Waals surface area (Å²) in [7, 11) is -5.01. The molecule has 0 rings (SSSR count). The number of hydrogen-bond donors (Lipinski definition) is 0. The van der Waals surface area contributed by atoms with Crippen LogP contribution in [0, 0.1) is 11.8 Å². The maximum atomic E-state index is 12.1. The Balaban J connectivity index is 0. The maximum Gasteiger partial charge on any atom is 1.00 e. The Kier molecular flexibility index (Phi) is 18.4. The molecule has 176 valence electrons. The van der Waals surface area contributed by atoms with Gasteiger partial charge in [0.05, 0.1) is 19.6 Å². The normalized spacial score (nSPS) is 14.4. The van der Waals surface area contributed by atoms with E-state index in [1.54, 1.807) is 0 Å². The van der Waals surface area contributed by atoms with Gasteiger partial charge in [0.15, 0.2) is 5.25 Å². The number of rotatable bonds is 16. The minimum atomic E-state index is -5.01. The van der Waals surface area contributed by atoms with Gasteiger partial charge >= 0.3 is 34.3 Å². The van der Waals surface area contributed by atoms with Gasteiger partial charge in [-0.25, -0.2) is 8.42 Å². The van der Waals surface area contributed by atoms with Crippen molar-refractivity contribution in [2.75, 3.05) is 13.2 Å². The average Bonchev–Trinajstić information content (AvgIpc) is 2.65. The Morgan fingerprint density at radius 3 is 1.69 bits per heavy atom. The molecule has 0 heterocycles. The molecule has 0 spiro atoms. The standard InChI is InChI=1S/C20H38O7S.Ag/c1-5-9-11-16(7-3)14-26-19(21)13-18(28(23,24)25)20(22)27-15-17(8-4)12-10-6-2;/h16-18H,5-15H2,1-4H3,(H,23,24,25);/q;+1/p-1. The van der Waals surface area contributed by atoms with Crippen molar-refractivity contribution in [3.63, 3.8) is 0 Å². The van der Waals surface area contributed by atoms with Crippen LogP contribution in [0.4, 0.5) is 0 Å². The van der Waals surface area contributed by atoms with Crippen LogP contribution in [0.1, 0.15) is 85.5 Å². The average molecular weight is 529 g/mol. The van der Waals surface area contributed by atoms with Crippen LogP contribution < -0.4 is 0 Å². The molecular weight excluding hydrogens is 492 g/mol. The summed E-state index contributed by atoms with van der Waals surface area (Å²) in [6.45, 7) is 8.26. The zero-order valence-corrected chi connectivity index (χ0v) is 20.4. The van der Waals surface area contributed by atoms with Crippen molar-refractivity contribution in [2.24, 2.45) is 11.8 Å². The van der Waals surface area contributed by atoms with Gasteiger partial charge in [-0.3, -0.25) is 9.59 Å². The van der Waals surface area contributed by atoms with Gasteiger partial charge in [0.1, 0.15) is 10.1 Å². The van der Waals surface area contributed by atoms with E-state index in [-0.39, 0.29) is 47.4 Å². The van der Waals surface area contributed by atoms with Gasteiger partial charge in [0.2, 0.25) is 0 Å². The van der Waals surface area contributed by atoms with Crippen molar-refractivity contribution in [2.45, 2.75) is 90.7 Å². The summed E-state index contributed by atoms with van der Waals surface area (Å²) in [6, 6.07) is 0. The van der Waals surface area contributed by atoms with E-state index in [4.69, 9.17) is 9.47 Å². The summed E-state index contributed by atoms with van der Waals surface area (Å²) in [5, 5.41) is -2.06. The SMILES string of the molecule is CCCCC(CC)COC(=O)CC(C(=O)OCC(CC)CCCC)S(=O)(=O)[O-].[Ag+]. The Hall–Kier alpha value is -0.410. The second-order valence-electron chi connectivity index (χ2n) is 7.33. The third-order valence-corrected chi connectivity index (χ3v) is 6.05. The van der Waals surface area contributed by atoms with Crippen molar-refractivity contribution >= 4 is 22.1 Å².